The molecule has 0 aliphatic carbocycles. The van der Waals surface area contributed by atoms with Gasteiger partial charge in [-0.2, -0.15) is 0 Å². The van der Waals surface area contributed by atoms with Gasteiger partial charge >= 0.3 is 0 Å². The van der Waals surface area contributed by atoms with Crippen LogP contribution in [0.4, 0.5) is 11.4 Å². The molecular formula is C42H67N3O8. The minimum atomic E-state index is 0.389. The largest absolute Gasteiger partial charge is 0.490 e. The number of nitrogens with zero attached hydrogens (tertiary/aromatic N) is 3. The smallest absolute Gasteiger partial charge is 0.142 e. The standard InChI is InChI=1S/C40H61N3O8.C2H6/c1-8-35(38(9-2)51-30-25-44-7)42-18-23-49-39-31-33(4)11-13-36(39)41(6)15-20-46-28-29-48-22-17-43(16-21-47-27-26-45-10-3)37-14-12-34(5)32-40(37)50-24-19-42;1-2/h8-9,11-14,31-32H,1-2,10,15-30H2,3-7H3;1-2H3/b38-35-;. The molecule has 2 aromatic rings. The molecule has 2 aromatic carbocycles. The van der Waals surface area contributed by atoms with Gasteiger partial charge in [-0.1, -0.05) is 39.1 Å². The predicted octanol–water partition coefficient (Wildman–Crippen LogP) is 6.68. The van der Waals surface area contributed by atoms with Crippen molar-refractivity contribution in [1.29, 1.82) is 0 Å². The van der Waals surface area contributed by atoms with E-state index in [1.54, 1.807) is 19.3 Å². The molecule has 1 aliphatic heterocycles. The van der Waals surface area contributed by atoms with E-state index >= 15 is 0 Å². The number of anilines is 2. The lowest BCUT2D eigenvalue weighted by Crippen LogP contribution is -2.33. The van der Waals surface area contributed by atoms with Crippen molar-refractivity contribution in [3.63, 3.8) is 0 Å². The number of hydrogen-bond donors (Lipinski definition) is 0. The minimum absolute atomic E-state index is 0.389. The highest BCUT2D eigenvalue weighted by atomic mass is 16.5. The second-order valence-electron chi connectivity index (χ2n) is 12.1. The summed E-state index contributed by atoms with van der Waals surface area (Å²) in [4.78, 5) is 6.58. The average Bonchev–Trinajstić information content (AvgIpc) is 3.16. The SMILES string of the molecule is C=C/C(OCCOC)=C(\C=C)N1CCOc2cc(C)ccc2N(C)CCOCCOCCN(CCOCCOCC)c2ccc(C)cc2OCC1.CC. The Balaban J connectivity index is 0.00000477. The summed E-state index contributed by atoms with van der Waals surface area (Å²) in [5.74, 6) is 2.24. The van der Waals surface area contributed by atoms with Crippen molar-refractivity contribution in [2.24, 2.45) is 0 Å². The number of rotatable bonds is 14. The summed E-state index contributed by atoms with van der Waals surface area (Å²) in [5, 5.41) is 0. The Morgan fingerprint density at radius 2 is 1.32 bits per heavy atom. The van der Waals surface area contributed by atoms with Gasteiger partial charge in [-0.25, -0.2) is 0 Å². The van der Waals surface area contributed by atoms with Gasteiger partial charge in [-0.15, -0.1) is 0 Å². The van der Waals surface area contributed by atoms with Gasteiger partial charge in [-0.05, 0) is 68.3 Å². The topological polar surface area (TPSA) is 83.6 Å². The Morgan fingerprint density at radius 1 is 0.717 bits per heavy atom. The summed E-state index contributed by atoms with van der Waals surface area (Å²) in [7, 11) is 3.70. The molecule has 53 heavy (non-hydrogen) atoms. The average molecular weight is 742 g/mol. The fraction of sp³-hybridized carbons (Fsp3) is 0.571. The van der Waals surface area contributed by atoms with Crippen molar-refractivity contribution < 1.29 is 37.9 Å². The van der Waals surface area contributed by atoms with Crippen molar-refractivity contribution in [3.8, 4) is 11.5 Å². The van der Waals surface area contributed by atoms with Crippen LogP contribution in [0.1, 0.15) is 31.9 Å². The Kier molecular flexibility index (Phi) is 23.8. The van der Waals surface area contributed by atoms with Crippen molar-refractivity contribution in [3.05, 3.63) is 84.3 Å². The van der Waals surface area contributed by atoms with Crippen LogP contribution in [-0.2, 0) is 28.4 Å². The Morgan fingerprint density at radius 3 is 1.92 bits per heavy atom. The fourth-order valence-corrected chi connectivity index (χ4v) is 5.50. The van der Waals surface area contributed by atoms with E-state index in [1.807, 2.05) is 20.8 Å². The third-order valence-corrected chi connectivity index (χ3v) is 8.27. The highest BCUT2D eigenvalue weighted by molar-refractivity contribution is 5.60. The maximum Gasteiger partial charge on any atom is 0.142 e. The molecule has 0 unspecified atom stereocenters. The summed E-state index contributed by atoms with van der Waals surface area (Å²) < 4.78 is 47.7. The predicted molar refractivity (Wildman–Crippen MR) is 216 cm³/mol. The molecular weight excluding hydrogens is 674 g/mol. The number of aryl methyl sites for hydroxylation is 2. The number of fused-ring (bicyclic) bond motifs is 2. The van der Waals surface area contributed by atoms with Crippen LogP contribution in [-0.4, -0.2) is 131 Å². The number of likely N-dealkylation sites (N-methyl/N-ethyl adjacent to an activating group) is 1. The Labute approximate surface area is 320 Å². The molecule has 0 amide bonds. The highest BCUT2D eigenvalue weighted by Crippen LogP contribution is 2.31. The normalized spacial score (nSPS) is 15.6. The van der Waals surface area contributed by atoms with Crippen LogP contribution in [0.15, 0.2) is 73.2 Å². The number of methoxy groups -OCH3 is 1. The van der Waals surface area contributed by atoms with Crippen LogP contribution in [0.25, 0.3) is 0 Å². The van der Waals surface area contributed by atoms with Crippen LogP contribution in [0, 0.1) is 13.8 Å². The van der Waals surface area contributed by atoms with Gasteiger partial charge in [-0.3, -0.25) is 0 Å². The lowest BCUT2D eigenvalue weighted by atomic mass is 10.2. The first-order valence-corrected chi connectivity index (χ1v) is 19.0. The summed E-state index contributed by atoms with van der Waals surface area (Å²) in [6.07, 6.45) is 3.50. The van der Waals surface area contributed by atoms with Crippen LogP contribution in [0.2, 0.25) is 0 Å². The molecule has 0 saturated heterocycles. The molecule has 0 saturated carbocycles. The van der Waals surface area contributed by atoms with Gasteiger partial charge in [0.25, 0.3) is 0 Å². The zero-order chi connectivity index (χ0) is 38.7. The molecule has 0 N–H and O–H groups in total. The number of benzene rings is 2. The van der Waals surface area contributed by atoms with Gasteiger partial charge in [0.15, 0.2) is 0 Å². The first-order valence-electron chi connectivity index (χ1n) is 19.0. The summed E-state index contributed by atoms with van der Waals surface area (Å²) in [6, 6.07) is 12.6. The minimum Gasteiger partial charge on any atom is -0.490 e. The third kappa shape index (κ3) is 16.9. The molecule has 0 aromatic heterocycles. The zero-order valence-electron chi connectivity index (χ0n) is 33.7. The lowest BCUT2D eigenvalue weighted by molar-refractivity contribution is 0.0492. The summed E-state index contributed by atoms with van der Waals surface area (Å²) in [6.45, 7) is 27.6. The van der Waals surface area contributed by atoms with Gasteiger partial charge in [0, 0.05) is 40.4 Å². The van der Waals surface area contributed by atoms with Crippen LogP contribution in [0.3, 0.4) is 0 Å². The second-order valence-corrected chi connectivity index (χ2v) is 12.1. The first kappa shape index (κ1) is 45.4. The van der Waals surface area contributed by atoms with E-state index in [0.29, 0.717) is 118 Å². The number of ether oxygens (including phenoxy) is 8. The van der Waals surface area contributed by atoms with Crippen LogP contribution in [0.5, 0.6) is 11.5 Å². The lowest BCUT2D eigenvalue weighted by Gasteiger charge is -2.29. The Hall–Kier alpha value is -3.74. The molecule has 11 nitrogen and oxygen atoms in total. The van der Waals surface area contributed by atoms with E-state index in [1.165, 1.54) is 0 Å². The van der Waals surface area contributed by atoms with Gasteiger partial charge in [0.1, 0.15) is 37.1 Å². The molecule has 0 atom stereocenters. The molecule has 1 heterocycles. The maximum atomic E-state index is 6.58. The van der Waals surface area contributed by atoms with E-state index < -0.39 is 0 Å². The van der Waals surface area contributed by atoms with Gasteiger partial charge in [0.05, 0.1) is 83.0 Å². The van der Waals surface area contributed by atoms with E-state index in [2.05, 4.69) is 85.2 Å². The monoisotopic (exact) mass is 741 g/mol. The van der Waals surface area contributed by atoms with E-state index in [4.69, 9.17) is 37.9 Å². The van der Waals surface area contributed by atoms with E-state index in [-0.39, 0.29) is 0 Å². The second kappa shape index (κ2) is 27.8. The van der Waals surface area contributed by atoms with E-state index in [9.17, 15) is 0 Å². The van der Waals surface area contributed by atoms with Crippen LogP contribution >= 0.6 is 0 Å². The quantitative estimate of drug-likeness (QED) is 0.118. The molecule has 0 spiro atoms. The first-order chi connectivity index (χ1) is 25.9. The maximum absolute atomic E-state index is 6.58. The molecule has 0 fully saturated rings. The molecule has 0 bridgehead atoms. The molecule has 3 rings (SSSR count). The number of allylic oxidation sites excluding steroid dienone is 2. The van der Waals surface area contributed by atoms with Crippen molar-refractivity contribution >= 4 is 11.4 Å². The van der Waals surface area contributed by atoms with Crippen LogP contribution < -0.4 is 19.3 Å². The molecule has 11 heteroatoms. The summed E-state index contributed by atoms with van der Waals surface area (Å²) >= 11 is 0. The van der Waals surface area contributed by atoms with E-state index in [0.717, 1.165) is 39.7 Å². The Bertz CT molecular complexity index is 1340. The molecule has 298 valence electrons. The van der Waals surface area contributed by atoms with Crippen molar-refractivity contribution in [2.45, 2.75) is 34.6 Å². The molecule has 1 aliphatic rings. The highest BCUT2D eigenvalue weighted by Gasteiger charge is 2.18. The number of hydrogen-bond acceptors (Lipinski definition) is 11. The third-order valence-electron chi connectivity index (χ3n) is 8.27. The van der Waals surface area contributed by atoms with Gasteiger partial charge in [0.2, 0.25) is 0 Å². The van der Waals surface area contributed by atoms with Crippen molar-refractivity contribution in [1.82, 2.24) is 4.90 Å². The fourth-order valence-electron chi connectivity index (χ4n) is 5.50. The van der Waals surface area contributed by atoms with Gasteiger partial charge < -0.3 is 52.6 Å². The summed E-state index contributed by atoms with van der Waals surface area (Å²) in [5.41, 5.74) is 5.02. The zero-order valence-corrected chi connectivity index (χ0v) is 33.7. The molecule has 0 radical (unpaired) electrons. The van der Waals surface area contributed by atoms with Crippen molar-refractivity contribution in [2.75, 3.05) is 136 Å².